The van der Waals surface area contributed by atoms with E-state index in [1.807, 2.05) is 0 Å². The average Bonchev–Trinajstić information content (AvgIpc) is 3.19. The Hall–Kier alpha value is -1.76. The van der Waals surface area contributed by atoms with Crippen LogP contribution in [-0.4, -0.2) is 46.7 Å². The number of likely N-dealkylation sites (tertiary alicyclic amines) is 1. The number of hydrogen-bond donors (Lipinski definition) is 1. The molecule has 0 aliphatic carbocycles. The molecule has 2 aliphatic rings. The number of piperidine rings is 1. The predicted molar refractivity (Wildman–Crippen MR) is 81.3 cm³/mol. The highest BCUT2D eigenvalue weighted by Crippen LogP contribution is 2.23. The molecule has 7 heteroatoms. The summed E-state index contributed by atoms with van der Waals surface area (Å²) in [6.07, 6.45) is 3.42. The average molecular weight is 322 g/mol. The lowest BCUT2D eigenvalue weighted by molar-refractivity contribution is -0.129. The van der Waals surface area contributed by atoms with Crippen molar-refractivity contribution in [3.63, 3.8) is 0 Å². The number of nitrogens with one attached hydrogen (secondary N) is 1. The van der Waals surface area contributed by atoms with E-state index in [9.17, 15) is 14.4 Å². The van der Waals surface area contributed by atoms with Crippen molar-refractivity contribution in [1.29, 1.82) is 0 Å². The zero-order chi connectivity index (χ0) is 15.5. The molecular weight excluding hydrogens is 304 g/mol. The van der Waals surface area contributed by atoms with Gasteiger partial charge in [0.2, 0.25) is 11.0 Å². The number of thioether (sulfide) groups is 1. The molecule has 0 bridgehead atoms. The summed E-state index contributed by atoms with van der Waals surface area (Å²) in [6.45, 7) is 1.07. The van der Waals surface area contributed by atoms with E-state index in [0.29, 0.717) is 38.1 Å². The molecule has 3 heterocycles. The Morgan fingerprint density at radius 3 is 2.64 bits per heavy atom. The van der Waals surface area contributed by atoms with Crippen LogP contribution in [0.25, 0.3) is 0 Å². The number of carbonyl (C=O) groups is 3. The normalized spacial score (nSPS) is 22.8. The fourth-order valence-electron chi connectivity index (χ4n) is 2.82. The second-order valence-electron chi connectivity index (χ2n) is 5.56. The number of carbonyl (C=O) groups excluding carboxylic acids is 3. The Morgan fingerprint density at radius 1 is 1.27 bits per heavy atom. The number of nitrogens with zero attached hydrogens (tertiary/aromatic N) is 1. The lowest BCUT2D eigenvalue weighted by Gasteiger charge is -2.31. The topological polar surface area (TPSA) is 79.6 Å². The van der Waals surface area contributed by atoms with Crippen molar-refractivity contribution in [3.05, 3.63) is 24.2 Å². The van der Waals surface area contributed by atoms with Crippen molar-refractivity contribution in [2.24, 2.45) is 5.92 Å². The van der Waals surface area contributed by atoms with Gasteiger partial charge >= 0.3 is 0 Å². The van der Waals surface area contributed by atoms with Gasteiger partial charge in [-0.05, 0) is 31.4 Å². The van der Waals surface area contributed by atoms with Crippen LogP contribution in [0.1, 0.15) is 29.8 Å². The zero-order valence-corrected chi connectivity index (χ0v) is 12.9. The van der Waals surface area contributed by atoms with E-state index < -0.39 is 0 Å². The monoisotopic (exact) mass is 322 g/mol. The third-order valence-electron chi connectivity index (χ3n) is 4.14. The zero-order valence-electron chi connectivity index (χ0n) is 12.1. The fourth-order valence-corrected chi connectivity index (χ4v) is 3.75. The van der Waals surface area contributed by atoms with Crippen molar-refractivity contribution >= 4 is 28.7 Å². The Labute approximate surface area is 132 Å². The molecule has 118 valence electrons. The van der Waals surface area contributed by atoms with Crippen molar-refractivity contribution in [2.75, 3.05) is 18.8 Å². The molecule has 2 aliphatic heterocycles. The van der Waals surface area contributed by atoms with Crippen LogP contribution in [-0.2, 0) is 9.59 Å². The molecule has 1 atom stereocenters. The summed E-state index contributed by atoms with van der Waals surface area (Å²) in [4.78, 5) is 37.6. The van der Waals surface area contributed by atoms with Crippen molar-refractivity contribution in [2.45, 2.75) is 25.3 Å². The first-order chi connectivity index (χ1) is 10.6. The van der Waals surface area contributed by atoms with Crippen molar-refractivity contribution < 1.29 is 18.8 Å². The van der Waals surface area contributed by atoms with E-state index in [1.54, 1.807) is 17.0 Å². The van der Waals surface area contributed by atoms with E-state index in [2.05, 4.69) is 5.32 Å². The summed E-state index contributed by atoms with van der Waals surface area (Å²) in [5, 5.41) is 2.89. The van der Waals surface area contributed by atoms with Gasteiger partial charge < -0.3 is 14.6 Å². The van der Waals surface area contributed by atoms with Crippen LogP contribution in [0, 0.1) is 5.92 Å². The van der Waals surface area contributed by atoms with Gasteiger partial charge in [0, 0.05) is 24.8 Å². The lowest BCUT2D eigenvalue weighted by Crippen LogP contribution is -2.46. The second kappa shape index (κ2) is 6.56. The molecule has 1 unspecified atom stereocenters. The summed E-state index contributed by atoms with van der Waals surface area (Å²) in [6, 6.07) is 2.99. The van der Waals surface area contributed by atoms with Gasteiger partial charge in [-0.25, -0.2) is 0 Å². The van der Waals surface area contributed by atoms with Gasteiger partial charge in [0.15, 0.2) is 5.76 Å². The first-order valence-electron chi connectivity index (χ1n) is 7.45. The van der Waals surface area contributed by atoms with Gasteiger partial charge in [-0.2, -0.15) is 0 Å². The van der Waals surface area contributed by atoms with Crippen LogP contribution in [0.2, 0.25) is 0 Å². The molecule has 0 saturated carbocycles. The summed E-state index contributed by atoms with van der Waals surface area (Å²) in [7, 11) is 0. The molecule has 0 spiro atoms. The maximum Gasteiger partial charge on any atom is 0.289 e. The van der Waals surface area contributed by atoms with Crippen LogP contribution < -0.4 is 5.32 Å². The second-order valence-corrected chi connectivity index (χ2v) is 6.66. The lowest BCUT2D eigenvalue weighted by atomic mass is 9.95. The highest BCUT2D eigenvalue weighted by Gasteiger charge is 2.32. The third-order valence-corrected chi connectivity index (χ3v) is 5.15. The Morgan fingerprint density at radius 2 is 2.05 bits per heavy atom. The molecule has 1 aromatic rings. The quantitative estimate of drug-likeness (QED) is 0.907. The molecule has 0 radical (unpaired) electrons. The molecule has 2 amide bonds. The van der Waals surface area contributed by atoms with E-state index in [1.165, 1.54) is 18.0 Å². The summed E-state index contributed by atoms with van der Waals surface area (Å²) in [5.74, 6) is 0.785. The van der Waals surface area contributed by atoms with Gasteiger partial charge in [-0.15, -0.1) is 0 Å². The van der Waals surface area contributed by atoms with Crippen LogP contribution in [0.5, 0.6) is 0 Å². The van der Waals surface area contributed by atoms with E-state index >= 15 is 0 Å². The smallest absolute Gasteiger partial charge is 0.289 e. The standard InChI is InChI=1S/C15H18N2O4S/c18-13(16-11-5-9-22-15(11)20)10-3-6-17(7-4-10)14(19)12-2-1-8-21-12/h1-2,8,10-11H,3-7,9H2,(H,16,18). The van der Waals surface area contributed by atoms with Gasteiger partial charge in [0.05, 0.1) is 12.3 Å². The minimum atomic E-state index is -0.333. The molecule has 22 heavy (non-hydrogen) atoms. The van der Waals surface area contributed by atoms with Crippen LogP contribution in [0.4, 0.5) is 0 Å². The molecule has 6 nitrogen and oxygen atoms in total. The Balaban J connectivity index is 1.50. The van der Waals surface area contributed by atoms with E-state index in [4.69, 9.17) is 4.42 Å². The van der Waals surface area contributed by atoms with Crippen LogP contribution >= 0.6 is 11.8 Å². The molecule has 1 aromatic heterocycles. The number of amides is 2. The van der Waals surface area contributed by atoms with Gasteiger partial charge in [0.25, 0.3) is 5.91 Å². The molecule has 3 rings (SSSR count). The maximum absolute atomic E-state index is 12.2. The molecule has 2 fully saturated rings. The van der Waals surface area contributed by atoms with Crippen molar-refractivity contribution in [3.8, 4) is 0 Å². The Kier molecular flexibility index (Phi) is 4.52. The van der Waals surface area contributed by atoms with E-state index in [-0.39, 0.29) is 28.9 Å². The van der Waals surface area contributed by atoms with Crippen LogP contribution in [0.3, 0.4) is 0 Å². The maximum atomic E-state index is 12.2. The van der Waals surface area contributed by atoms with Gasteiger partial charge in [0.1, 0.15) is 0 Å². The summed E-state index contributed by atoms with van der Waals surface area (Å²) < 4.78 is 5.11. The van der Waals surface area contributed by atoms with Gasteiger partial charge in [-0.3, -0.25) is 14.4 Å². The molecule has 0 aromatic carbocycles. The van der Waals surface area contributed by atoms with Crippen molar-refractivity contribution in [1.82, 2.24) is 10.2 Å². The highest BCUT2D eigenvalue weighted by atomic mass is 32.2. The number of rotatable bonds is 3. The number of hydrogen-bond acceptors (Lipinski definition) is 5. The predicted octanol–water partition coefficient (Wildman–Crippen LogP) is 1.28. The first kappa shape index (κ1) is 15.1. The minimum Gasteiger partial charge on any atom is -0.459 e. The first-order valence-corrected chi connectivity index (χ1v) is 8.43. The SMILES string of the molecule is O=C(NC1CCSC1=O)C1CCN(C(=O)c2ccco2)CC1. The highest BCUT2D eigenvalue weighted by molar-refractivity contribution is 8.14. The summed E-state index contributed by atoms with van der Waals surface area (Å²) >= 11 is 1.28. The summed E-state index contributed by atoms with van der Waals surface area (Å²) in [5.41, 5.74) is 0. The molecule has 1 N–H and O–H groups in total. The fraction of sp³-hybridized carbons (Fsp3) is 0.533. The minimum absolute atomic E-state index is 0.0544. The molecule has 2 saturated heterocycles. The third kappa shape index (κ3) is 3.19. The number of furan rings is 1. The largest absolute Gasteiger partial charge is 0.459 e. The van der Waals surface area contributed by atoms with E-state index in [0.717, 1.165) is 5.75 Å². The van der Waals surface area contributed by atoms with Gasteiger partial charge in [-0.1, -0.05) is 11.8 Å². The van der Waals surface area contributed by atoms with Crippen LogP contribution in [0.15, 0.2) is 22.8 Å². The Bertz CT molecular complexity index is 564. The molecular formula is C15H18N2O4S.